The van der Waals surface area contributed by atoms with E-state index in [0.29, 0.717) is 35.3 Å². The normalized spacial score (nSPS) is 32.2. The molecule has 2 saturated carbocycles. The van der Waals surface area contributed by atoms with Gasteiger partial charge in [-0.3, -0.25) is 4.79 Å². The molecular formula is C51H81NO9Si2. The molecule has 2 aromatic rings. The first-order chi connectivity index (χ1) is 29.3. The quantitative estimate of drug-likeness (QED) is 0.0781. The van der Waals surface area contributed by atoms with Crippen LogP contribution < -0.4 is 5.32 Å². The zero-order chi connectivity index (χ0) is 47.1. The van der Waals surface area contributed by atoms with Gasteiger partial charge in [-0.2, -0.15) is 0 Å². The number of ether oxygens (including phenoxy) is 2. The largest absolute Gasteiger partial charge is 0.456 e. The van der Waals surface area contributed by atoms with Crippen molar-refractivity contribution in [1.82, 2.24) is 5.32 Å². The van der Waals surface area contributed by atoms with Gasteiger partial charge in [-0.15, -0.1) is 0 Å². The summed E-state index contributed by atoms with van der Waals surface area (Å²) in [6.07, 6.45) is -4.94. The van der Waals surface area contributed by atoms with E-state index in [4.69, 9.17) is 18.3 Å². The average Bonchev–Trinajstić information content (AvgIpc) is 3.24. The van der Waals surface area contributed by atoms with Crippen molar-refractivity contribution in [1.29, 1.82) is 0 Å². The highest BCUT2D eigenvalue weighted by Crippen LogP contribution is 2.64. The number of hydrogen-bond acceptors (Lipinski definition) is 9. The van der Waals surface area contributed by atoms with Crippen LogP contribution in [0, 0.1) is 28.6 Å². The number of carbonyl (C=O) groups excluding carboxylic acids is 2. The monoisotopic (exact) mass is 908 g/mol. The van der Waals surface area contributed by atoms with E-state index >= 15 is 4.79 Å². The van der Waals surface area contributed by atoms with Crippen LogP contribution in [0.1, 0.15) is 125 Å². The molecule has 2 fully saturated rings. The minimum absolute atomic E-state index is 0.0476. The molecule has 0 radical (unpaired) electrons. The second-order valence-corrected chi connectivity index (χ2v) is 30.8. The van der Waals surface area contributed by atoms with E-state index in [2.05, 4.69) is 80.7 Å². The molecule has 2 bridgehead atoms. The fraction of sp³-hybridized carbons (Fsp3) is 0.686. The van der Waals surface area contributed by atoms with E-state index < -0.39 is 81.5 Å². The van der Waals surface area contributed by atoms with E-state index in [1.165, 1.54) is 0 Å². The highest BCUT2D eigenvalue weighted by molar-refractivity contribution is 6.74. The third-order valence-electron chi connectivity index (χ3n) is 16.9. The molecule has 4 N–H and O–H groups in total. The highest BCUT2D eigenvalue weighted by atomic mass is 28.4. The fourth-order valence-electron chi connectivity index (χ4n) is 11.6. The maximum atomic E-state index is 15.2. The topological polar surface area (TPSA) is 144 Å². The molecule has 0 aliphatic heterocycles. The molecule has 0 saturated heterocycles. The Balaban J connectivity index is 1.66. The van der Waals surface area contributed by atoms with Gasteiger partial charge in [0, 0.05) is 29.4 Å². The van der Waals surface area contributed by atoms with Crippen molar-refractivity contribution >= 4 is 28.5 Å². The van der Waals surface area contributed by atoms with Crippen LogP contribution in [-0.2, 0) is 23.1 Å². The lowest BCUT2D eigenvalue weighted by Crippen LogP contribution is -2.71. The number of amides is 1. The summed E-state index contributed by atoms with van der Waals surface area (Å²) in [7, 11) is -4.98. The molecule has 352 valence electrons. The van der Waals surface area contributed by atoms with Gasteiger partial charge in [0.25, 0.3) is 5.91 Å². The number of esters is 1. The van der Waals surface area contributed by atoms with Gasteiger partial charge in [-0.1, -0.05) is 125 Å². The molecule has 1 unspecified atom stereocenters. The molecule has 63 heavy (non-hydrogen) atoms. The Morgan fingerprint density at radius 2 is 1.46 bits per heavy atom. The van der Waals surface area contributed by atoms with E-state index in [1.807, 2.05) is 64.1 Å². The summed E-state index contributed by atoms with van der Waals surface area (Å²) in [4.78, 5) is 29.2. The molecule has 1 amide bonds. The number of aliphatic hydroxyl groups is 3. The summed E-state index contributed by atoms with van der Waals surface area (Å²) < 4.78 is 27.6. The van der Waals surface area contributed by atoms with Crippen LogP contribution in [0.4, 0.5) is 0 Å². The molecule has 3 aliphatic rings. The molecule has 0 spiro atoms. The first-order valence-electron chi connectivity index (χ1n) is 23.7. The summed E-state index contributed by atoms with van der Waals surface area (Å²) in [5.41, 5.74) is -1.38. The summed E-state index contributed by atoms with van der Waals surface area (Å²) in [5.74, 6) is -2.01. The molecule has 0 heterocycles. The minimum Gasteiger partial charge on any atom is -0.456 e. The number of hydrogen-bond donors (Lipinski definition) is 4. The Kier molecular flexibility index (Phi) is 15.7. The Bertz CT molecular complexity index is 1910. The summed E-state index contributed by atoms with van der Waals surface area (Å²) in [6, 6.07) is 20.1. The summed E-state index contributed by atoms with van der Waals surface area (Å²) in [6.45, 7) is 31.5. The number of carbonyl (C=O) groups is 2. The van der Waals surface area contributed by atoms with Gasteiger partial charge < -0.3 is 39.0 Å². The van der Waals surface area contributed by atoms with Crippen molar-refractivity contribution in [3.05, 3.63) is 82.9 Å². The average molecular weight is 908 g/mol. The minimum atomic E-state index is -2.73. The van der Waals surface area contributed by atoms with Gasteiger partial charge in [-0.25, -0.2) is 4.79 Å². The van der Waals surface area contributed by atoms with Crippen molar-refractivity contribution < 1.29 is 43.2 Å². The molecule has 2 aromatic carbocycles. The second kappa shape index (κ2) is 19.3. The van der Waals surface area contributed by atoms with E-state index in [1.54, 1.807) is 24.3 Å². The maximum Gasteiger partial charge on any atom is 0.337 e. The first-order valence-corrected chi connectivity index (χ1v) is 29.1. The van der Waals surface area contributed by atoms with E-state index in [0.717, 1.165) is 18.1 Å². The molecule has 5 rings (SSSR count). The number of fused-ring (bicyclic) bond motifs is 3. The van der Waals surface area contributed by atoms with Crippen molar-refractivity contribution in [3.8, 4) is 0 Å². The van der Waals surface area contributed by atoms with E-state index in [9.17, 15) is 20.1 Å². The summed E-state index contributed by atoms with van der Waals surface area (Å²) >= 11 is 0. The fourth-order valence-corrected chi connectivity index (χ4v) is 15.8. The number of benzene rings is 2. The number of nitrogens with one attached hydrogen (secondary N) is 1. The third kappa shape index (κ3) is 9.36. The maximum absolute atomic E-state index is 15.2. The molecule has 3 aliphatic carbocycles. The van der Waals surface area contributed by atoms with Crippen molar-refractivity contribution in [2.75, 3.05) is 6.61 Å². The van der Waals surface area contributed by atoms with Crippen LogP contribution in [-0.4, -0.2) is 92.7 Å². The van der Waals surface area contributed by atoms with Gasteiger partial charge in [0.2, 0.25) is 0 Å². The molecule has 12 heteroatoms. The van der Waals surface area contributed by atoms with Gasteiger partial charge in [0.05, 0.1) is 30.0 Å². The predicted octanol–water partition coefficient (Wildman–Crippen LogP) is 9.77. The Labute approximate surface area is 381 Å². The van der Waals surface area contributed by atoms with Crippen LogP contribution in [0.2, 0.25) is 36.3 Å². The molecule has 10 nitrogen and oxygen atoms in total. The Morgan fingerprint density at radius 3 is 1.98 bits per heavy atom. The van der Waals surface area contributed by atoms with Crippen molar-refractivity contribution in [3.63, 3.8) is 0 Å². The van der Waals surface area contributed by atoms with Gasteiger partial charge >= 0.3 is 5.97 Å². The van der Waals surface area contributed by atoms with Crippen LogP contribution in [0.15, 0.2) is 71.8 Å². The zero-order valence-corrected chi connectivity index (χ0v) is 43.1. The standard InChI is InChI=1S/C51H81NO9Si2/c1-16-58-37-30-39(60-63(17-2,18-3)19-4)50(13)40(32(37)5)34(7)51(57)31-38(33(6)41(49(51,11)12)43(53)45(50)54)59-47(56)44(61-62(14,15)48(8,9)10)42(35-26-22-20-23-27-35)52-46(55)36-28-24-21-25-29-36/h20-29,32,34,37-40,42-45,53-54,57H,16-19,30-31H2,1-15H3,(H,52,55)/t32-,34-,37+,38-,39?,40-,42-,43-,44+,45-,50+,51+/m0/s1. The van der Waals surface area contributed by atoms with Crippen LogP contribution in [0.3, 0.4) is 0 Å². The van der Waals surface area contributed by atoms with Crippen LogP contribution in [0.25, 0.3) is 0 Å². The Hall–Kier alpha value is -2.69. The number of rotatable bonds is 15. The SMILES string of the molecule is CCO[C@@H]1CC(O[Si](CC)(CC)CC)[C@]2(C)[C@@H]([C@H]1C)[C@H](C)[C@]1(O)C[C@H](OC(=O)[C@H](O[Si](C)(C)C(C)(C)C)[C@@H](NC(=O)c3ccccc3)c3ccccc3)C(C)=C([C@H](O)[C@@H]2O)C1(C)C. The van der Waals surface area contributed by atoms with Crippen LogP contribution in [0.5, 0.6) is 0 Å². The van der Waals surface area contributed by atoms with E-state index in [-0.39, 0.29) is 35.3 Å². The molecular weight excluding hydrogens is 827 g/mol. The lowest BCUT2D eigenvalue weighted by Gasteiger charge is -2.66. The van der Waals surface area contributed by atoms with Crippen molar-refractivity contribution in [2.24, 2.45) is 28.6 Å². The summed E-state index contributed by atoms with van der Waals surface area (Å²) in [5, 5.41) is 42.2. The van der Waals surface area contributed by atoms with Crippen LogP contribution >= 0.6 is 0 Å². The molecule has 12 atom stereocenters. The second-order valence-electron chi connectivity index (χ2n) is 21.3. The van der Waals surface area contributed by atoms with Crippen molar-refractivity contribution in [2.45, 2.75) is 187 Å². The lowest BCUT2D eigenvalue weighted by molar-refractivity contribution is -0.250. The smallest absolute Gasteiger partial charge is 0.337 e. The third-order valence-corrected chi connectivity index (χ3v) is 26.0. The van der Waals surface area contributed by atoms with Gasteiger partial charge in [0.15, 0.2) is 22.7 Å². The zero-order valence-electron chi connectivity index (χ0n) is 41.1. The van der Waals surface area contributed by atoms with Gasteiger partial charge in [-0.05, 0) is 103 Å². The first kappa shape index (κ1) is 51.3. The number of aliphatic hydroxyl groups excluding tert-OH is 2. The Morgan fingerprint density at radius 1 is 0.905 bits per heavy atom. The molecule has 0 aromatic heterocycles. The highest BCUT2D eigenvalue weighted by Gasteiger charge is 2.68. The predicted molar refractivity (Wildman–Crippen MR) is 255 cm³/mol. The lowest BCUT2D eigenvalue weighted by atomic mass is 9.44. The van der Waals surface area contributed by atoms with Gasteiger partial charge in [0.1, 0.15) is 12.2 Å².